The van der Waals surface area contributed by atoms with Crippen LogP contribution in [0.1, 0.15) is 22.9 Å². The summed E-state index contributed by atoms with van der Waals surface area (Å²) in [4.78, 5) is 3.09. The number of aliphatic hydroxyl groups is 1. The largest absolute Gasteiger partial charge is 0.387 e. The van der Waals surface area contributed by atoms with Crippen LogP contribution >= 0.6 is 0 Å². The third-order valence-corrected chi connectivity index (χ3v) is 3.47. The third kappa shape index (κ3) is 1.55. The van der Waals surface area contributed by atoms with Crippen molar-refractivity contribution in [2.75, 3.05) is 0 Å². The number of benzene rings is 1. The lowest BCUT2D eigenvalue weighted by atomic mass is 9.97. The summed E-state index contributed by atoms with van der Waals surface area (Å²) in [5, 5.41) is 10.3. The highest BCUT2D eigenvalue weighted by Crippen LogP contribution is 2.34. The van der Waals surface area contributed by atoms with E-state index in [0.29, 0.717) is 5.92 Å². The molecule has 0 saturated heterocycles. The number of aliphatic hydroxyl groups excluding tert-OH is 1. The number of nitrogens with one attached hydrogen (secondary N) is 1. The molecule has 2 heteroatoms. The van der Waals surface area contributed by atoms with Crippen LogP contribution in [0.2, 0.25) is 0 Å². The monoisotopic (exact) mass is 213 g/mol. The Labute approximate surface area is 94.9 Å². The van der Waals surface area contributed by atoms with Gasteiger partial charge in [0.1, 0.15) is 0 Å². The van der Waals surface area contributed by atoms with E-state index in [0.717, 1.165) is 18.5 Å². The molecule has 0 fully saturated rings. The fourth-order valence-corrected chi connectivity index (χ4v) is 2.60. The predicted octanol–water partition coefficient (Wildman–Crippen LogP) is 2.46. The van der Waals surface area contributed by atoms with Crippen LogP contribution in [0.25, 0.3) is 0 Å². The molecule has 1 aromatic heterocycles. The average Bonchev–Trinajstić information content (AvgIpc) is 2.97. The first-order chi connectivity index (χ1) is 7.84. The van der Waals surface area contributed by atoms with E-state index >= 15 is 0 Å². The van der Waals surface area contributed by atoms with Gasteiger partial charge in [0.05, 0.1) is 6.10 Å². The van der Waals surface area contributed by atoms with E-state index in [-0.39, 0.29) is 6.10 Å². The Balaban J connectivity index is 1.81. The molecule has 2 N–H and O–H groups in total. The molecule has 0 aliphatic heterocycles. The Morgan fingerprint density at radius 2 is 1.75 bits per heavy atom. The van der Waals surface area contributed by atoms with Crippen molar-refractivity contribution >= 4 is 0 Å². The van der Waals surface area contributed by atoms with E-state index in [4.69, 9.17) is 0 Å². The minimum Gasteiger partial charge on any atom is -0.387 e. The summed E-state index contributed by atoms with van der Waals surface area (Å²) in [6.45, 7) is 0. The van der Waals surface area contributed by atoms with Crippen molar-refractivity contribution < 1.29 is 5.11 Å². The van der Waals surface area contributed by atoms with E-state index in [1.165, 1.54) is 11.1 Å². The second kappa shape index (κ2) is 3.80. The van der Waals surface area contributed by atoms with Gasteiger partial charge in [0.2, 0.25) is 0 Å². The minimum absolute atomic E-state index is 0.316. The van der Waals surface area contributed by atoms with Crippen molar-refractivity contribution in [3.8, 4) is 0 Å². The van der Waals surface area contributed by atoms with Crippen LogP contribution in [0.15, 0.2) is 42.6 Å². The molecular weight excluding hydrogens is 198 g/mol. The molecule has 16 heavy (non-hydrogen) atoms. The lowest BCUT2D eigenvalue weighted by Gasteiger charge is -2.16. The van der Waals surface area contributed by atoms with E-state index in [9.17, 15) is 5.11 Å². The van der Waals surface area contributed by atoms with Crippen LogP contribution in [-0.4, -0.2) is 10.1 Å². The van der Waals surface area contributed by atoms with E-state index in [2.05, 4.69) is 29.2 Å². The topological polar surface area (TPSA) is 36.0 Å². The average molecular weight is 213 g/mol. The van der Waals surface area contributed by atoms with Gasteiger partial charge in [-0.05, 0) is 42.0 Å². The molecule has 1 atom stereocenters. The van der Waals surface area contributed by atoms with Crippen molar-refractivity contribution in [3.05, 3.63) is 59.4 Å². The lowest BCUT2D eigenvalue weighted by Crippen LogP contribution is -2.13. The van der Waals surface area contributed by atoms with Crippen LogP contribution < -0.4 is 0 Å². The van der Waals surface area contributed by atoms with Gasteiger partial charge in [-0.3, -0.25) is 0 Å². The zero-order valence-corrected chi connectivity index (χ0v) is 9.06. The molecule has 1 aliphatic carbocycles. The van der Waals surface area contributed by atoms with E-state index < -0.39 is 0 Å². The molecule has 82 valence electrons. The van der Waals surface area contributed by atoms with Crippen molar-refractivity contribution in [2.24, 2.45) is 5.92 Å². The first-order valence-electron chi connectivity index (χ1n) is 5.73. The third-order valence-electron chi connectivity index (χ3n) is 3.47. The van der Waals surface area contributed by atoms with Gasteiger partial charge in [-0.1, -0.05) is 24.3 Å². The predicted molar refractivity (Wildman–Crippen MR) is 63.1 cm³/mol. The van der Waals surface area contributed by atoms with Gasteiger partial charge < -0.3 is 10.1 Å². The minimum atomic E-state index is -0.373. The van der Waals surface area contributed by atoms with Gasteiger partial charge in [0.25, 0.3) is 0 Å². The summed E-state index contributed by atoms with van der Waals surface area (Å²) in [6, 6.07) is 12.4. The molecule has 2 aromatic rings. The van der Waals surface area contributed by atoms with Crippen LogP contribution in [0.5, 0.6) is 0 Å². The highest BCUT2D eigenvalue weighted by Gasteiger charge is 2.28. The second-order valence-electron chi connectivity index (χ2n) is 4.51. The van der Waals surface area contributed by atoms with Gasteiger partial charge >= 0.3 is 0 Å². The first-order valence-corrected chi connectivity index (χ1v) is 5.73. The van der Waals surface area contributed by atoms with Gasteiger partial charge in [-0.2, -0.15) is 0 Å². The van der Waals surface area contributed by atoms with Crippen LogP contribution in [0, 0.1) is 5.92 Å². The van der Waals surface area contributed by atoms with Crippen LogP contribution in [-0.2, 0) is 12.8 Å². The molecular formula is C14H15NO. The number of aromatic amines is 1. The highest BCUT2D eigenvalue weighted by atomic mass is 16.3. The van der Waals surface area contributed by atoms with Gasteiger partial charge in [0.15, 0.2) is 0 Å². The molecule has 1 aliphatic rings. The number of H-pyrrole nitrogens is 1. The van der Waals surface area contributed by atoms with E-state index in [1.54, 1.807) is 0 Å². The maximum atomic E-state index is 10.3. The summed E-state index contributed by atoms with van der Waals surface area (Å²) < 4.78 is 0. The molecule has 1 heterocycles. The molecule has 3 rings (SSSR count). The summed E-state index contributed by atoms with van der Waals surface area (Å²) in [7, 11) is 0. The Morgan fingerprint density at radius 3 is 2.31 bits per heavy atom. The van der Waals surface area contributed by atoms with Crippen molar-refractivity contribution in [2.45, 2.75) is 18.9 Å². The smallest absolute Gasteiger partial charge is 0.0972 e. The lowest BCUT2D eigenvalue weighted by molar-refractivity contribution is 0.110. The molecule has 0 spiro atoms. The quantitative estimate of drug-likeness (QED) is 0.789. The second-order valence-corrected chi connectivity index (χ2v) is 4.51. The standard InChI is InChI=1S/C14H15NO/c16-14(13-6-3-7-15-13)12-8-10-4-1-2-5-11(10)9-12/h1-7,12,14-16H,8-9H2. The SMILES string of the molecule is OC(c1ccc[nH]1)C1Cc2ccccc2C1. The van der Waals surface area contributed by atoms with Gasteiger partial charge in [0, 0.05) is 11.9 Å². The van der Waals surface area contributed by atoms with Crippen LogP contribution in [0.4, 0.5) is 0 Å². The fraction of sp³-hybridized carbons (Fsp3) is 0.286. The first kappa shape index (κ1) is 9.67. The Morgan fingerprint density at radius 1 is 1.06 bits per heavy atom. The maximum Gasteiger partial charge on any atom is 0.0972 e. The number of aromatic nitrogens is 1. The number of fused-ring (bicyclic) bond motifs is 1. The molecule has 0 amide bonds. The number of hydrogen-bond donors (Lipinski definition) is 2. The Hall–Kier alpha value is -1.54. The van der Waals surface area contributed by atoms with Gasteiger partial charge in [-0.15, -0.1) is 0 Å². The molecule has 0 saturated carbocycles. The fourth-order valence-electron chi connectivity index (χ4n) is 2.60. The number of hydrogen-bond acceptors (Lipinski definition) is 1. The molecule has 1 aromatic carbocycles. The zero-order chi connectivity index (χ0) is 11.0. The summed E-state index contributed by atoms with van der Waals surface area (Å²) >= 11 is 0. The molecule has 2 nitrogen and oxygen atoms in total. The molecule has 0 bridgehead atoms. The summed E-state index contributed by atoms with van der Waals surface area (Å²) in [6.07, 6.45) is 3.45. The zero-order valence-electron chi connectivity index (χ0n) is 9.06. The maximum absolute atomic E-state index is 10.3. The summed E-state index contributed by atoms with van der Waals surface area (Å²) in [5.41, 5.74) is 3.70. The summed E-state index contributed by atoms with van der Waals surface area (Å²) in [5.74, 6) is 0.316. The molecule has 0 radical (unpaired) electrons. The van der Waals surface area contributed by atoms with Crippen molar-refractivity contribution in [3.63, 3.8) is 0 Å². The highest BCUT2D eigenvalue weighted by molar-refractivity contribution is 5.33. The van der Waals surface area contributed by atoms with Crippen LogP contribution in [0.3, 0.4) is 0 Å². The van der Waals surface area contributed by atoms with E-state index in [1.807, 2.05) is 18.3 Å². The van der Waals surface area contributed by atoms with Crippen molar-refractivity contribution in [1.29, 1.82) is 0 Å². The number of rotatable bonds is 2. The Kier molecular flexibility index (Phi) is 2.29. The Bertz CT molecular complexity index is 450. The molecule has 1 unspecified atom stereocenters. The van der Waals surface area contributed by atoms with Gasteiger partial charge in [-0.25, -0.2) is 0 Å². The normalized spacial score (nSPS) is 17.3. The van der Waals surface area contributed by atoms with Crippen molar-refractivity contribution in [1.82, 2.24) is 4.98 Å².